The van der Waals surface area contributed by atoms with E-state index in [1.54, 1.807) is 0 Å². The molecule has 0 amide bonds. The number of hydrogen-bond donors (Lipinski definition) is 0. The highest BCUT2D eigenvalue weighted by molar-refractivity contribution is 6.42. The monoisotopic (exact) mass is 330 g/mol. The van der Waals surface area contributed by atoms with Gasteiger partial charge in [-0.3, -0.25) is 0 Å². The molecule has 0 spiro atoms. The molecule has 3 rings (SSSR count). The van der Waals surface area contributed by atoms with Crippen LogP contribution in [0.4, 0.5) is 0 Å². The van der Waals surface area contributed by atoms with Crippen molar-refractivity contribution >= 4 is 45.8 Å². The standard InChI is InChI=1S/C15H17Cl3N2/c1-3-4-9-5-13(9)20-14-7-11(18)10(17)6-12(14)19-15(20)8(2)16/h6-9,13H,3-5H2,1-2H3. The van der Waals surface area contributed by atoms with E-state index in [1.165, 1.54) is 19.3 Å². The van der Waals surface area contributed by atoms with E-state index in [9.17, 15) is 0 Å². The molecule has 0 N–H and O–H groups in total. The first-order valence-electron chi connectivity index (χ1n) is 7.03. The topological polar surface area (TPSA) is 17.8 Å². The Morgan fingerprint density at radius 2 is 2.05 bits per heavy atom. The van der Waals surface area contributed by atoms with Gasteiger partial charge in [0.25, 0.3) is 0 Å². The summed E-state index contributed by atoms with van der Waals surface area (Å²) in [7, 11) is 0. The summed E-state index contributed by atoms with van der Waals surface area (Å²) in [5.41, 5.74) is 1.93. The molecule has 1 saturated carbocycles. The minimum absolute atomic E-state index is 0.122. The molecule has 1 heterocycles. The Morgan fingerprint density at radius 3 is 2.70 bits per heavy atom. The number of hydrogen-bond acceptors (Lipinski definition) is 1. The van der Waals surface area contributed by atoms with Crippen LogP contribution in [0.2, 0.25) is 10.0 Å². The van der Waals surface area contributed by atoms with E-state index in [1.807, 2.05) is 19.1 Å². The Kier molecular flexibility index (Phi) is 3.91. The van der Waals surface area contributed by atoms with Gasteiger partial charge in [-0.2, -0.15) is 0 Å². The first-order valence-corrected chi connectivity index (χ1v) is 8.23. The first-order chi connectivity index (χ1) is 9.52. The van der Waals surface area contributed by atoms with Crippen molar-refractivity contribution in [2.45, 2.75) is 44.5 Å². The molecule has 0 bridgehead atoms. The molecule has 1 aromatic heterocycles. The third-order valence-electron chi connectivity index (χ3n) is 3.99. The number of imidazole rings is 1. The lowest BCUT2D eigenvalue weighted by molar-refractivity contribution is 0.598. The molecule has 108 valence electrons. The van der Waals surface area contributed by atoms with Gasteiger partial charge < -0.3 is 4.57 Å². The lowest BCUT2D eigenvalue weighted by atomic mass is 10.2. The molecule has 5 heteroatoms. The average molecular weight is 332 g/mol. The van der Waals surface area contributed by atoms with Crippen molar-refractivity contribution in [3.05, 3.63) is 28.0 Å². The summed E-state index contributed by atoms with van der Waals surface area (Å²) < 4.78 is 2.27. The molecule has 3 unspecified atom stereocenters. The minimum atomic E-state index is -0.122. The predicted molar refractivity (Wildman–Crippen MR) is 86.1 cm³/mol. The van der Waals surface area contributed by atoms with Gasteiger partial charge in [0.1, 0.15) is 5.82 Å². The fourth-order valence-electron chi connectivity index (χ4n) is 2.97. The number of benzene rings is 1. The van der Waals surface area contributed by atoms with Gasteiger partial charge in [0.15, 0.2) is 0 Å². The largest absolute Gasteiger partial charge is 0.323 e. The summed E-state index contributed by atoms with van der Waals surface area (Å²) in [6.07, 6.45) is 3.67. The highest BCUT2D eigenvalue weighted by Crippen LogP contribution is 2.49. The zero-order valence-electron chi connectivity index (χ0n) is 11.5. The molecule has 1 fully saturated rings. The average Bonchev–Trinajstić information content (AvgIpc) is 3.04. The zero-order valence-corrected chi connectivity index (χ0v) is 13.8. The fraction of sp³-hybridized carbons (Fsp3) is 0.533. The number of fused-ring (bicyclic) bond motifs is 1. The quantitative estimate of drug-likeness (QED) is 0.628. The lowest BCUT2D eigenvalue weighted by Gasteiger charge is -2.10. The maximum atomic E-state index is 6.31. The Balaban J connectivity index is 2.12. The van der Waals surface area contributed by atoms with Crippen LogP contribution in [0.5, 0.6) is 0 Å². The second kappa shape index (κ2) is 5.40. The molecular formula is C15H17Cl3N2. The summed E-state index contributed by atoms with van der Waals surface area (Å²) in [6, 6.07) is 4.25. The molecule has 3 atom stereocenters. The van der Waals surface area contributed by atoms with Crippen LogP contribution in [0.1, 0.15) is 50.4 Å². The zero-order chi connectivity index (χ0) is 14.4. The van der Waals surface area contributed by atoms with E-state index < -0.39 is 0 Å². The molecular weight excluding hydrogens is 315 g/mol. The van der Waals surface area contributed by atoms with Crippen LogP contribution in [-0.4, -0.2) is 9.55 Å². The smallest absolute Gasteiger partial charge is 0.127 e. The molecule has 1 aromatic carbocycles. The van der Waals surface area contributed by atoms with Crippen molar-refractivity contribution in [1.82, 2.24) is 9.55 Å². The molecule has 2 aromatic rings. The Labute approximate surface area is 134 Å². The normalized spacial score (nSPS) is 23.2. The van der Waals surface area contributed by atoms with Crippen LogP contribution < -0.4 is 0 Å². The minimum Gasteiger partial charge on any atom is -0.323 e. The van der Waals surface area contributed by atoms with E-state index in [0.717, 1.165) is 22.8 Å². The molecule has 20 heavy (non-hydrogen) atoms. The second-order valence-corrected chi connectivity index (χ2v) is 7.03. The number of halogens is 3. The third-order valence-corrected chi connectivity index (χ3v) is 4.91. The van der Waals surface area contributed by atoms with Gasteiger partial charge in [0.2, 0.25) is 0 Å². The van der Waals surface area contributed by atoms with E-state index in [2.05, 4.69) is 16.5 Å². The summed E-state index contributed by atoms with van der Waals surface area (Å²) >= 11 is 18.6. The summed E-state index contributed by atoms with van der Waals surface area (Å²) in [4.78, 5) is 4.66. The lowest BCUT2D eigenvalue weighted by Crippen LogP contribution is -2.03. The van der Waals surface area contributed by atoms with E-state index >= 15 is 0 Å². The van der Waals surface area contributed by atoms with Crippen molar-refractivity contribution in [1.29, 1.82) is 0 Å². The molecule has 0 aliphatic heterocycles. The van der Waals surface area contributed by atoms with E-state index in [4.69, 9.17) is 34.8 Å². The summed E-state index contributed by atoms with van der Waals surface area (Å²) in [5, 5.41) is 0.989. The molecule has 1 aliphatic carbocycles. The number of alkyl halides is 1. The van der Waals surface area contributed by atoms with Gasteiger partial charge in [0.05, 0.1) is 26.5 Å². The SMILES string of the molecule is CCCC1CC1n1c(C(C)Cl)nc2cc(Cl)c(Cl)cc21. The number of rotatable bonds is 4. The van der Waals surface area contributed by atoms with Gasteiger partial charge >= 0.3 is 0 Å². The number of nitrogens with zero attached hydrogens (tertiary/aromatic N) is 2. The van der Waals surface area contributed by atoms with E-state index in [-0.39, 0.29) is 5.38 Å². The fourth-order valence-corrected chi connectivity index (χ4v) is 3.44. The van der Waals surface area contributed by atoms with Gasteiger partial charge in [-0.15, -0.1) is 11.6 Å². The maximum Gasteiger partial charge on any atom is 0.127 e. The second-order valence-electron chi connectivity index (χ2n) is 5.56. The Hall–Kier alpha value is -0.440. The van der Waals surface area contributed by atoms with Crippen molar-refractivity contribution in [3.8, 4) is 0 Å². The van der Waals surface area contributed by atoms with Crippen LogP contribution >= 0.6 is 34.8 Å². The van der Waals surface area contributed by atoms with Gasteiger partial charge in [0, 0.05) is 6.04 Å². The Morgan fingerprint density at radius 1 is 1.35 bits per heavy atom. The van der Waals surface area contributed by atoms with Crippen LogP contribution in [0.15, 0.2) is 12.1 Å². The molecule has 2 nitrogen and oxygen atoms in total. The Bertz CT molecular complexity index is 648. The first kappa shape index (κ1) is 14.5. The molecule has 0 radical (unpaired) electrons. The van der Waals surface area contributed by atoms with Crippen molar-refractivity contribution in [2.24, 2.45) is 5.92 Å². The summed E-state index contributed by atoms with van der Waals surface area (Å²) in [5.74, 6) is 1.66. The van der Waals surface area contributed by atoms with Crippen molar-refractivity contribution in [2.75, 3.05) is 0 Å². The van der Waals surface area contributed by atoms with Gasteiger partial charge in [-0.05, 0) is 37.8 Å². The maximum absolute atomic E-state index is 6.31. The van der Waals surface area contributed by atoms with Crippen molar-refractivity contribution in [3.63, 3.8) is 0 Å². The van der Waals surface area contributed by atoms with Crippen LogP contribution in [0.3, 0.4) is 0 Å². The van der Waals surface area contributed by atoms with Crippen LogP contribution in [0, 0.1) is 5.92 Å². The third kappa shape index (κ3) is 2.43. The predicted octanol–water partition coefficient (Wildman–Crippen LogP) is 6.00. The van der Waals surface area contributed by atoms with Gasteiger partial charge in [-0.1, -0.05) is 36.5 Å². The van der Waals surface area contributed by atoms with Crippen LogP contribution in [-0.2, 0) is 0 Å². The number of aromatic nitrogens is 2. The van der Waals surface area contributed by atoms with E-state index in [0.29, 0.717) is 16.1 Å². The van der Waals surface area contributed by atoms with Gasteiger partial charge in [-0.25, -0.2) is 4.98 Å². The molecule has 1 aliphatic rings. The molecule has 0 saturated heterocycles. The highest BCUT2D eigenvalue weighted by Gasteiger charge is 2.40. The van der Waals surface area contributed by atoms with Crippen molar-refractivity contribution < 1.29 is 0 Å². The summed E-state index contributed by atoms with van der Waals surface area (Å²) in [6.45, 7) is 4.18. The van der Waals surface area contributed by atoms with Crippen LogP contribution in [0.25, 0.3) is 11.0 Å². The highest BCUT2D eigenvalue weighted by atomic mass is 35.5.